The van der Waals surface area contributed by atoms with Crippen LogP contribution in [0, 0.1) is 5.21 Å². The van der Waals surface area contributed by atoms with E-state index in [9.17, 15) is 5.21 Å². The number of hydrogen-bond acceptors (Lipinski definition) is 3. The molecule has 0 bridgehead atoms. The smallest absolute Gasteiger partial charge is 0.0545 e. The number of nitrogens with two attached hydrogens (primary N) is 1. The van der Waals surface area contributed by atoms with Crippen molar-refractivity contribution in [3.8, 4) is 5.69 Å². The lowest BCUT2D eigenvalue weighted by Crippen LogP contribution is -2.09. The fourth-order valence-corrected chi connectivity index (χ4v) is 1.47. The average molecular weight is 202 g/mol. The predicted molar refractivity (Wildman–Crippen MR) is 62.0 cm³/mol. The van der Waals surface area contributed by atoms with Gasteiger partial charge in [0, 0.05) is 18.1 Å². The van der Waals surface area contributed by atoms with Gasteiger partial charge in [-0.15, -0.1) is 0 Å². The van der Waals surface area contributed by atoms with Crippen molar-refractivity contribution in [2.24, 2.45) is 0 Å². The summed E-state index contributed by atoms with van der Waals surface area (Å²) in [6.07, 6.45) is 3.83. The van der Waals surface area contributed by atoms with Crippen molar-refractivity contribution < 1.29 is 0 Å². The highest BCUT2D eigenvalue weighted by molar-refractivity contribution is 5.70. The quantitative estimate of drug-likeness (QED) is 0.598. The van der Waals surface area contributed by atoms with Gasteiger partial charge in [-0.05, 0) is 37.4 Å². The Bertz CT molecular complexity index is 449. The molecule has 0 aliphatic rings. The van der Waals surface area contributed by atoms with Crippen LogP contribution in [0.1, 0.15) is 0 Å². The number of nitrogens with zero attached hydrogens (tertiary/aromatic N) is 2. The number of rotatable bonds is 2. The van der Waals surface area contributed by atoms with E-state index in [1.54, 1.807) is 12.1 Å². The first kappa shape index (κ1) is 9.61. The molecule has 0 saturated carbocycles. The topological polar surface area (TPSA) is 57.2 Å². The first-order valence-electron chi connectivity index (χ1n) is 4.62. The Kier molecular flexibility index (Phi) is 2.35. The van der Waals surface area contributed by atoms with E-state index in [0.29, 0.717) is 11.4 Å². The van der Waals surface area contributed by atoms with E-state index in [0.717, 1.165) is 10.8 Å². The Hall–Kier alpha value is -1.94. The van der Waals surface area contributed by atoms with Crippen LogP contribution in [0.4, 0.5) is 11.4 Å². The van der Waals surface area contributed by atoms with E-state index < -0.39 is 0 Å². The summed E-state index contributed by atoms with van der Waals surface area (Å²) in [6.45, 7) is 0. The molecule has 0 unspecified atom stereocenters. The lowest BCUT2D eigenvalue weighted by Gasteiger charge is -2.26. The van der Waals surface area contributed by atoms with E-state index in [4.69, 9.17) is 5.73 Å². The summed E-state index contributed by atoms with van der Waals surface area (Å²) in [6, 6.07) is 9.23. The third-order valence-electron chi connectivity index (χ3n) is 2.26. The number of hydroxylamine groups is 1. The summed E-state index contributed by atoms with van der Waals surface area (Å²) in [7, 11) is 1.44. The molecule has 4 nitrogen and oxygen atoms in total. The maximum atomic E-state index is 11.2. The second-order valence-electron chi connectivity index (χ2n) is 3.33. The van der Waals surface area contributed by atoms with Gasteiger partial charge in [-0.25, -0.2) is 0 Å². The fourth-order valence-electron chi connectivity index (χ4n) is 1.47. The zero-order valence-corrected chi connectivity index (χ0v) is 8.42. The van der Waals surface area contributed by atoms with Gasteiger partial charge < -0.3 is 20.6 Å². The van der Waals surface area contributed by atoms with Crippen molar-refractivity contribution in [1.82, 2.24) is 4.57 Å². The van der Waals surface area contributed by atoms with Gasteiger partial charge in [0.2, 0.25) is 0 Å². The average Bonchev–Trinajstić information content (AvgIpc) is 2.71. The number of aromatic nitrogens is 1. The molecule has 0 aliphatic carbocycles. The van der Waals surface area contributed by atoms with Crippen molar-refractivity contribution in [3.05, 3.63) is 47.9 Å². The Morgan fingerprint density at radius 3 is 2.53 bits per heavy atom. The zero-order chi connectivity index (χ0) is 10.8. The second kappa shape index (κ2) is 3.67. The highest BCUT2D eigenvalue weighted by Crippen LogP contribution is 2.24. The summed E-state index contributed by atoms with van der Waals surface area (Å²) in [5, 5.41) is 12.0. The molecule has 0 atom stereocenters. The van der Waals surface area contributed by atoms with Crippen LogP contribution in [0.5, 0.6) is 0 Å². The number of benzene rings is 1. The van der Waals surface area contributed by atoms with Crippen LogP contribution in [0.3, 0.4) is 0 Å². The second-order valence-corrected chi connectivity index (χ2v) is 3.33. The molecule has 78 valence electrons. The van der Waals surface area contributed by atoms with Gasteiger partial charge >= 0.3 is 0 Å². The molecule has 0 radical (unpaired) electrons. The minimum atomic E-state index is 0.487. The normalized spacial score (nSPS) is 10.3. The summed E-state index contributed by atoms with van der Waals surface area (Å²) < 4.78 is 1.92. The van der Waals surface area contributed by atoms with Gasteiger partial charge in [0.05, 0.1) is 11.4 Å². The molecule has 0 fully saturated rings. The molecule has 1 heterocycles. The first-order chi connectivity index (χ1) is 7.18. The molecule has 1 aromatic carbocycles. The van der Waals surface area contributed by atoms with Crippen LogP contribution >= 0.6 is 0 Å². The van der Waals surface area contributed by atoms with Crippen LogP contribution in [-0.2, 0) is 0 Å². The first-order valence-corrected chi connectivity index (χ1v) is 4.62. The Labute approximate surface area is 88.1 Å². The molecule has 15 heavy (non-hydrogen) atoms. The Balaban J connectivity index is 2.48. The van der Waals surface area contributed by atoms with E-state index >= 15 is 0 Å². The van der Waals surface area contributed by atoms with Gasteiger partial charge in [0.1, 0.15) is 0 Å². The third-order valence-corrected chi connectivity index (χ3v) is 2.26. The van der Waals surface area contributed by atoms with Gasteiger partial charge in [-0.1, -0.05) is 0 Å². The van der Waals surface area contributed by atoms with Gasteiger partial charge in [0.25, 0.3) is 0 Å². The molecule has 2 N–H and O–H groups in total. The van der Waals surface area contributed by atoms with Gasteiger partial charge in [-0.2, -0.15) is 0 Å². The predicted octanol–water partition coefficient (Wildman–Crippen LogP) is 1.99. The summed E-state index contributed by atoms with van der Waals surface area (Å²) in [5.74, 6) is 0. The Morgan fingerprint density at radius 2 is 1.93 bits per heavy atom. The van der Waals surface area contributed by atoms with Crippen molar-refractivity contribution in [2.75, 3.05) is 17.8 Å². The summed E-state index contributed by atoms with van der Waals surface area (Å²) in [5.41, 5.74) is 7.59. The van der Waals surface area contributed by atoms with E-state index in [1.165, 1.54) is 7.05 Å². The molecular weight excluding hydrogens is 190 g/mol. The minimum absolute atomic E-state index is 0.487. The van der Waals surface area contributed by atoms with E-state index in [-0.39, 0.29) is 0 Å². The summed E-state index contributed by atoms with van der Waals surface area (Å²) in [4.78, 5) is 0. The van der Waals surface area contributed by atoms with E-state index in [2.05, 4.69) is 0 Å². The van der Waals surface area contributed by atoms with Crippen LogP contribution in [0.25, 0.3) is 5.69 Å². The van der Waals surface area contributed by atoms with Gasteiger partial charge in [0.15, 0.2) is 0 Å². The largest absolute Gasteiger partial charge is 0.758 e. The molecule has 0 amide bonds. The van der Waals surface area contributed by atoms with Crippen molar-refractivity contribution in [3.63, 3.8) is 0 Å². The molecule has 0 aliphatic heterocycles. The molecule has 4 heteroatoms. The fraction of sp³-hybridized carbons (Fsp3) is 0.0909. The standard InChI is InChI=1S/C11H12N3O/c1-13(15)11-8-9(4-5-10(11)12)14-6-2-3-7-14/h2-8H,12H2,1H3/q-1. The highest BCUT2D eigenvalue weighted by atomic mass is 16.5. The number of hydrogen-bond donors (Lipinski definition) is 1. The summed E-state index contributed by atoms with van der Waals surface area (Å²) >= 11 is 0. The molecule has 1 aromatic heterocycles. The van der Waals surface area contributed by atoms with Crippen LogP contribution < -0.4 is 10.8 Å². The highest BCUT2D eigenvalue weighted by Gasteiger charge is 2.01. The van der Waals surface area contributed by atoms with Crippen LogP contribution in [-0.4, -0.2) is 11.6 Å². The molecule has 2 rings (SSSR count). The maximum Gasteiger partial charge on any atom is 0.0545 e. The third kappa shape index (κ3) is 1.80. The molecule has 0 spiro atoms. The Morgan fingerprint density at radius 1 is 1.27 bits per heavy atom. The van der Waals surface area contributed by atoms with E-state index in [1.807, 2.05) is 35.2 Å². The molecule has 2 aromatic rings. The monoisotopic (exact) mass is 202 g/mol. The number of anilines is 2. The van der Waals surface area contributed by atoms with Crippen LogP contribution in [0.2, 0.25) is 0 Å². The van der Waals surface area contributed by atoms with Crippen molar-refractivity contribution >= 4 is 11.4 Å². The SMILES string of the molecule is CN([O-])c1cc(-n2cccc2)ccc1N. The molecule has 0 saturated heterocycles. The maximum absolute atomic E-state index is 11.2. The lowest BCUT2D eigenvalue weighted by molar-refractivity contribution is 1.07. The minimum Gasteiger partial charge on any atom is -0.758 e. The van der Waals surface area contributed by atoms with Crippen molar-refractivity contribution in [1.29, 1.82) is 0 Å². The van der Waals surface area contributed by atoms with Gasteiger partial charge in [-0.3, -0.25) is 0 Å². The lowest BCUT2D eigenvalue weighted by atomic mass is 10.2. The van der Waals surface area contributed by atoms with Crippen molar-refractivity contribution in [2.45, 2.75) is 0 Å². The van der Waals surface area contributed by atoms with Crippen LogP contribution in [0.15, 0.2) is 42.7 Å². The zero-order valence-electron chi connectivity index (χ0n) is 8.42. The molecular formula is C11H12N3O-. The number of nitrogen functional groups attached to an aromatic ring is 1.